The van der Waals surface area contributed by atoms with Crippen molar-refractivity contribution in [1.82, 2.24) is 5.32 Å². The van der Waals surface area contributed by atoms with Crippen LogP contribution in [0.1, 0.15) is 16.7 Å². The first-order valence-electron chi connectivity index (χ1n) is 5.75. The maximum absolute atomic E-state index is 12.9. The smallest absolute Gasteiger partial charge is 0.277 e. The fourth-order valence-corrected chi connectivity index (χ4v) is 1.53. The second-order valence-electron chi connectivity index (χ2n) is 4.44. The van der Waals surface area contributed by atoms with E-state index in [1.807, 2.05) is 32.0 Å². The average molecular weight is 256 g/mol. The van der Waals surface area contributed by atoms with Crippen molar-refractivity contribution in [3.8, 4) is 0 Å². The number of hydrogen-bond donors (Lipinski definition) is 2. The quantitative estimate of drug-likeness (QED) is 0.840. The molecule has 0 bridgehead atoms. The normalized spacial score (nSPS) is 11.4. The molecular weight excluding hydrogens is 238 g/mol. The first kappa shape index (κ1) is 14.6. The van der Waals surface area contributed by atoms with E-state index in [9.17, 15) is 13.6 Å². The van der Waals surface area contributed by atoms with Gasteiger partial charge in [-0.1, -0.05) is 23.8 Å². The van der Waals surface area contributed by atoms with Gasteiger partial charge in [-0.25, -0.2) is 8.78 Å². The summed E-state index contributed by atoms with van der Waals surface area (Å²) in [6, 6.07) is 5.74. The summed E-state index contributed by atoms with van der Waals surface area (Å²) in [4.78, 5) is 11.6. The fraction of sp³-hybridized carbons (Fsp3) is 0.462. The summed E-state index contributed by atoms with van der Waals surface area (Å²) in [6.07, 6.45) is 0.105. The van der Waals surface area contributed by atoms with Crippen molar-refractivity contribution in [2.24, 2.45) is 5.73 Å². The van der Waals surface area contributed by atoms with Crippen LogP contribution < -0.4 is 11.1 Å². The summed E-state index contributed by atoms with van der Waals surface area (Å²) < 4.78 is 25.7. The van der Waals surface area contributed by atoms with E-state index in [2.05, 4.69) is 5.32 Å². The predicted octanol–water partition coefficient (Wildman–Crippen LogP) is 1.56. The first-order chi connectivity index (χ1) is 8.34. The maximum atomic E-state index is 12.9. The highest BCUT2D eigenvalue weighted by molar-refractivity contribution is 5.79. The van der Waals surface area contributed by atoms with Crippen molar-refractivity contribution in [3.05, 3.63) is 34.9 Å². The number of nitrogens with one attached hydrogen (secondary N) is 1. The number of aryl methyl sites for hydroxylation is 2. The number of alkyl halides is 2. The third-order valence-electron chi connectivity index (χ3n) is 2.70. The number of rotatable bonds is 5. The Kier molecular flexibility index (Phi) is 4.78. The lowest BCUT2D eigenvalue weighted by atomic mass is 10.0. The predicted molar refractivity (Wildman–Crippen MR) is 66.6 cm³/mol. The molecule has 0 spiro atoms. The van der Waals surface area contributed by atoms with Crippen molar-refractivity contribution in [2.45, 2.75) is 26.2 Å². The average Bonchev–Trinajstić information content (AvgIpc) is 2.31. The zero-order chi connectivity index (χ0) is 13.8. The Morgan fingerprint density at radius 1 is 1.39 bits per heavy atom. The number of amides is 1. The lowest BCUT2D eigenvalue weighted by Gasteiger charge is -2.15. The van der Waals surface area contributed by atoms with E-state index in [-0.39, 0.29) is 6.42 Å². The molecule has 0 saturated carbocycles. The van der Waals surface area contributed by atoms with Gasteiger partial charge < -0.3 is 11.1 Å². The van der Waals surface area contributed by atoms with Crippen LogP contribution in [-0.4, -0.2) is 24.9 Å². The van der Waals surface area contributed by atoms with Gasteiger partial charge in [-0.15, -0.1) is 0 Å². The Labute approximate surface area is 105 Å². The van der Waals surface area contributed by atoms with Gasteiger partial charge in [0.15, 0.2) is 0 Å². The minimum absolute atomic E-state index is 0.105. The number of carbonyl (C=O) groups is 1. The van der Waals surface area contributed by atoms with Gasteiger partial charge in [0.25, 0.3) is 5.92 Å². The number of benzene rings is 1. The summed E-state index contributed by atoms with van der Waals surface area (Å²) >= 11 is 0. The molecule has 0 fully saturated rings. The van der Waals surface area contributed by atoms with Crippen LogP contribution in [0.15, 0.2) is 18.2 Å². The molecule has 0 aromatic heterocycles. The van der Waals surface area contributed by atoms with E-state index in [4.69, 9.17) is 5.73 Å². The molecule has 0 radical (unpaired) electrons. The van der Waals surface area contributed by atoms with Crippen LogP contribution in [-0.2, 0) is 11.2 Å². The number of nitrogens with two attached hydrogens (primary N) is 1. The Hall–Kier alpha value is -1.49. The van der Waals surface area contributed by atoms with Crippen LogP contribution in [0.4, 0.5) is 8.78 Å². The van der Waals surface area contributed by atoms with Crippen LogP contribution in [0.3, 0.4) is 0 Å². The summed E-state index contributed by atoms with van der Waals surface area (Å²) in [5, 5.41) is 2.20. The lowest BCUT2D eigenvalue weighted by Crippen LogP contribution is -2.42. The molecule has 1 aromatic rings. The van der Waals surface area contributed by atoms with E-state index in [0.29, 0.717) is 0 Å². The van der Waals surface area contributed by atoms with Crippen LogP contribution >= 0.6 is 0 Å². The number of carbonyl (C=O) groups excluding carboxylic acids is 1. The molecule has 0 aliphatic carbocycles. The van der Waals surface area contributed by atoms with Gasteiger partial charge in [0, 0.05) is 0 Å². The highest BCUT2D eigenvalue weighted by Gasteiger charge is 2.27. The Morgan fingerprint density at radius 3 is 2.67 bits per heavy atom. The zero-order valence-corrected chi connectivity index (χ0v) is 10.6. The van der Waals surface area contributed by atoms with Crippen molar-refractivity contribution >= 4 is 5.91 Å². The Morgan fingerprint density at radius 2 is 2.06 bits per heavy atom. The van der Waals surface area contributed by atoms with Gasteiger partial charge in [-0.2, -0.15) is 0 Å². The molecule has 3 N–H and O–H groups in total. The highest BCUT2D eigenvalue weighted by atomic mass is 19.3. The highest BCUT2D eigenvalue weighted by Crippen LogP contribution is 2.12. The van der Waals surface area contributed by atoms with Crippen molar-refractivity contribution in [3.63, 3.8) is 0 Å². The van der Waals surface area contributed by atoms with Crippen molar-refractivity contribution in [2.75, 3.05) is 13.1 Å². The van der Waals surface area contributed by atoms with Gasteiger partial charge in [-0.05, 0) is 25.0 Å². The molecule has 3 nitrogen and oxygen atoms in total. The Balaban J connectivity index is 2.57. The molecular formula is C13H18F2N2O. The summed E-state index contributed by atoms with van der Waals surface area (Å²) in [6.45, 7) is 2.32. The van der Waals surface area contributed by atoms with Crippen LogP contribution in [0.25, 0.3) is 0 Å². The van der Waals surface area contributed by atoms with Crippen LogP contribution in [0.2, 0.25) is 0 Å². The van der Waals surface area contributed by atoms with Gasteiger partial charge in [-0.3, -0.25) is 4.79 Å². The fourth-order valence-electron chi connectivity index (χ4n) is 1.53. The Bertz CT molecular complexity index is 433. The second-order valence-corrected chi connectivity index (χ2v) is 4.44. The molecule has 1 aromatic carbocycles. The molecule has 0 aliphatic rings. The summed E-state index contributed by atoms with van der Waals surface area (Å²) in [5.74, 6) is -3.46. The molecule has 100 valence electrons. The maximum Gasteiger partial charge on any atom is 0.277 e. The van der Waals surface area contributed by atoms with Crippen LogP contribution in [0.5, 0.6) is 0 Å². The molecule has 1 amide bonds. The van der Waals surface area contributed by atoms with Gasteiger partial charge in [0.2, 0.25) is 5.91 Å². The van der Waals surface area contributed by atoms with Crippen molar-refractivity contribution < 1.29 is 13.6 Å². The summed E-state index contributed by atoms with van der Waals surface area (Å²) in [5.41, 5.74) is 7.75. The van der Waals surface area contributed by atoms with Gasteiger partial charge in [0.05, 0.1) is 19.5 Å². The monoisotopic (exact) mass is 256 g/mol. The molecule has 0 unspecified atom stereocenters. The largest absolute Gasteiger partial charge is 0.350 e. The van der Waals surface area contributed by atoms with E-state index in [1.165, 1.54) is 0 Å². The summed E-state index contributed by atoms with van der Waals surface area (Å²) in [7, 11) is 0. The zero-order valence-electron chi connectivity index (χ0n) is 10.6. The van der Waals surface area contributed by atoms with E-state index in [0.717, 1.165) is 16.7 Å². The minimum Gasteiger partial charge on any atom is -0.350 e. The molecule has 0 heterocycles. The first-order valence-corrected chi connectivity index (χ1v) is 5.75. The SMILES string of the molecule is Cc1ccc(C)c(CC(=O)NCC(F)(F)CN)c1. The molecule has 0 saturated heterocycles. The van der Waals surface area contributed by atoms with E-state index < -0.39 is 24.9 Å². The topological polar surface area (TPSA) is 55.1 Å². The van der Waals surface area contributed by atoms with Crippen molar-refractivity contribution in [1.29, 1.82) is 0 Å². The lowest BCUT2D eigenvalue weighted by molar-refractivity contribution is -0.122. The van der Waals surface area contributed by atoms with Gasteiger partial charge in [0.1, 0.15) is 0 Å². The van der Waals surface area contributed by atoms with E-state index >= 15 is 0 Å². The van der Waals surface area contributed by atoms with E-state index in [1.54, 1.807) is 0 Å². The van der Waals surface area contributed by atoms with Crippen LogP contribution in [0, 0.1) is 13.8 Å². The third kappa shape index (κ3) is 4.41. The molecule has 0 atom stereocenters. The molecule has 0 aliphatic heterocycles. The minimum atomic E-state index is -3.04. The molecule has 1 rings (SSSR count). The molecule has 18 heavy (non-hydrogen) atoms. The molecule has 5 heteroatoms. The third-order valence-corrected chi connectivity index (χ3v) is 2.70. The standard InChI is InChI=1S/C13H18F2N2O/c1-9-3-4-10(2)11(5-9)6-12(18)17-8-13(14,15)7-16/h3-5H,6-8,16H2,1-2H3,(H,17,18). The number of halogens is 2. The van der Waals surface area contributed by atoms with Gasteiger partial charge >= 0.3 is 0 Å². The second kappa shape index (κ2) is 5.91. The number of hydrogen-bond acceptors (Lipinski definition) is 2.